The molecule has 0 saturated carbocycles. The lowest BCUT2D eigenvalue weighted by Crippen LogP contribution is -2.32. The van der Waals surface area contributed by atoms with Gasteiger partial charge >= 0.3 is 0 Å². The van der Waals surface area contributed by atoms with Crippen LogP contribution >= 0.6 is 0 Å². The van der Waals surface area contributed by atoms with Crippen LogP contribution in [0, 0.1) is 10.1 Å². The molecule has 0 aliphatic carbocycles. The number of carbonyl (C=O) groups is 1. The zero-order valence-corrected chi connectivity index (χ0v) is 11.4. The first kappa shape index (κ1) is 14.9. The molecule has 0 bridgehead atoms. The van der Waals surface area contributed by atoms with E-state index in [4.69, 9.17) is 0 Å². The molecular weight excluding hydrogens is 246 g/mol. The van der Waals surface area contributed by atoms with Gasteiger partial charge < -0.3 is 10.6 Å². The first-order chi connectivity index (χ1) is 8.99. The molecule has 0 aliphatic heterocycles. The molecule has 0 aliphatic rings. The van der Waals surface area contributed by atoms with E-state index in [0.717, 1.165) is 12.8 Å². The number of amides is 1. The lowest BCUT2D eigenvalue weighted by Gasteiger charge is -2.13. The molecule has 0 fully saturated rings. The first-order valence-electron chi connectivity index (χ1n) is 6.26. The average molecular weight is 265 g/mol. The molecule has 1 rings (SSSR count). The van der Waals surface area contributed by atoms with Crippen molar-refractivity contribution in [3.8, 4) is 0 Å². The van der Waals surface area contributed by atoms with E-state index >= 15 is 0 Å². The van der Waals surface area contributed by atoms with Gasteiger partial charge in [0.25, 0.3) is 11.6 Å². The van der Waals surface area contributed by atoms with Crippen LogP contribution in [0.4, 0.5) is 11.4 Å². The predicted molar refractivity (Wildman–Crippen MR) is 74.5 cm³/mol. The SMILES string of the molecule is CCCC(C)NC(=O)c1ccc(NC)c([N+](=O)[O-])c1. The fourth-order valence-corrected chi connectivity index (χ4v) is 1.85. The Hall–Kier alpha value is -2.11. The van der Waals surface area contributed by atoms with Crippen LogP contribution in [0.1, 0.15) is 37.0 Å². The number of nitrogens with one attached hydrogen (secondary N) is 2. The van der Waals surface area contributed by atoms with Gasteiger partial charge in [-0.15, -0.1) is 0 Å². The fourth-order valence-electron chi connectivity index (χ4n) is 1.85. The minimum Gasteiger partial charge on any atom is -0.383 e. The molecule has 0 saturated heterocycles. The molecule has 19 heavy (non-hydrogen) atoms. The Morgan fingerprint density at radius 2 is 2.16 bits per heavy atom. The van der Waals surface area contributed by atoms with E-state index in [1.54, 1.807) is 13.1 Å². The van der Waals surface area contributed by atoms with Crippen LogP contribution < -0.4 is 10.6 Å². The third kappa shape index (κ3) is 3.94. The predicted octanol–water partition coefficient (Wildman–Crippen LogP) is 2.55. The van der Waals surface area contributed by atoms with Gasteiger partial charge in [-0.3, -0.25) is 14.9 Å². The summed E-state index contributed by atoms with van der Waals surface area (Å²) in [4.78, 5) is 22.4. The van der Waals surface area contributed by atoms with Crippen LogP contribution in [0.5, 0.6) is 0 Å². The highest BCUT2D eigenvalue weighted by molar-refractivity contribution is 5.95. The van der Waals surface area contributed by atoms with Gasteiger partial charge in [0.05, 0.1) is 4.92 Å². The number of hydrogen-bond acceptors (Lipinski definition) is 4. The van der Waals surface area contributed by atoms with Gasteiger partial charge in [0, 0.05) is 24.7 Å². The normalized spacial score (nSPS) is 11.7. The maximum atomic E-state index is 12.0. The summed E-state index contributed by atoms with van der Waals surface area (Å²) in [7, 11) is 1.60. The molecule has 6 nitrogen and oxygen atoms in total. The molecule has 0 heterocycles. The molecular formula is C13H19N3O3. The second-order valence-electron chi connectivity index (χ2n) is 4.40. The molecule has 0 spiro atoms. The highest BCUT2D eigenvalue weighted by Crippen LogP contribution is 2.25. The molecule has 1 amide bonds. The van der Waals surface area contributed by atoms with E-state index in [0.29, 0.717) is 11.3 Å². The number of nitrogens with zero attached hydrogens (tertiary/aromatic N) is 1. The van der Waals surface area contributed by atoms with Crippen molar-refractivity contribution < 1.29 is 9.72 Å². The number of anilines is 1. The van der Waals surface area contributed by atoms with Crippen LogP contribution in [0.2, 0.25) is 0 Å². The van der Waals surface area contributed by atoms with Crippen LogP contribution in [0.3, 0.4) is 0 Å². The molecule has 1 aromatic rings. The molecule has 1 aromatic carbocycles. The summed E-state index contributed by atoms with van der Waals surface area (Å²) in [5.41, 5.74) is 0.593. The fraction of sp³-hybridized carbons (Fsp3) is 0.462. The smallest absolute Gasteiger partial charge is 0.293 e. The second-order valence-corrected chi connectivity index (χ2v) is 4.40. The monoisotopic (exact) mass is 265 g/mol. The summed E-state index contributed by atoms with van der Waals surface area (Å²) in [6, 6.07) is 4.46. The number of nitro groups is 1. The average Bonchev–Trinajstić information content (AvgIpc) is 2.37. The zero-order chi connectivity index (χ0) is 14.4. The largest absolute Gasteiger partial charge is 0.383 e. The molecule has 1 unspecified atom stereocenters. The zero-order valence-electron chi connectivity index (χ0n) is 11.4. The molecule has 2 N–H and O–H groups in total. The molecule has 6 heteroatoms. The van der Waals surface area contributed by atoms with Crippen LogP contribution in [0.25, 0.3) is 0 Å². The van der Waals surface area contributed by atoms with Crippen molar-refractivity contribution in [3.05, 3.63) is 33.9 Å². The molecule has 1 atom stereocenters. The Balaban J connectivity index is 2.92. The van der Waals surface area contributed by atoms with E-state index < -0.39 is 4.92 Å². The van der Waals surface area contributed by atoms with Crippen molar-refractivity contribution in [1.82, 2.24) is 5.32 Å². The van der Waals surface area contributed by atoms with Gasteiger partial charge in [-0.25, -0.2) is 0 Å². The van der Waals surface area contributed by atoms with Crippen LogP contribution in [-0.4, -0.2) is 23.9 Å². The maximum Gasteiger partial charge on any atom is 0.293 e. The number of nitro benzene ring substituents is 1. The van der Waals surface area contributed by atoms with Crippen LogP contribution in [-0.2, 0) is 0 Å². The summed E-state index contributed by atoms with van der Waals surface area (Å²) in [5.74, 6) is -0.285. The van der Waals surface area contributed by atoms with Crippen molar-refractivity contribution in [2.75, 3.05) is 12.4 Å². The summed E-state index contributed by atoms with van der Waals surface area (Å²) < 4.78 is 0. The Bertz CT molecular complexity index is 474. The van der Waals surface area contributed by atoms with Gasteiger partial charge in [-0.05, 0) is 25.5 Å². The lowest BCUT2D eigenvalue weighted by molar-refractivity contribution is -0.384. The van der Waals surface area contributed by atoms with Gasteiger partial charge in [-0.2, -0.15) is 0 Å². The number of hydrogen-bond donors (Lipinski definition) is 2. The van der Waals surface area contributed by atoms with Crippen molar-refractivity contribution in [2.24, 2.45) is 0 Å². The van der Waals surface area contributed by atoms with Crippen molar-refractivity contribution in [2.45, 2.75) is 32.7 Å². The van der Waals surface area contributed by atoms with Gasteiger partial charge in [0.2, 0.25) is 0 Å². The van der Waals surface area contributed by atoms with Crippen molar-refractivity contribution in [3.63, 3.8) is 0 Å². The van der Waals surface area contributed by atoms with E-state index in [-0.39, 0.29) is 17.6 Å². The number of rotatable bonds is 6. The number of carbonyl (C=O) groups excluding carboxylic acids is 1. The highest BCUT2D eigenvalue weighted by Gasteiger charge is 2.17. The first-order valence-corrected chi connectivity index (χ1v) is 6.26. The third-order valence-corrected chi connectivity index (χ3v) is 2.83. The standard InChI is InChI=1S/C13H19N3O3/c1-4-5-9(2)15-13(17)10-6-7-11(14-3)12(8-10)16(18)19/h6-9,14H,4-5H2,1-3H3,(H,15,17). The lowest BCUT2D eigenvalue weighted by atomic mass is 10.1. The second kappa shape index (κ2) is 6.72. The van der Waals surface area contributed by atoms with Gasteiger partial charge in [0.1, 0.15) is 5.69 Å². The van der Waals surface area contributed by atoms with E-state index in [1.165, 1.54) is 12.1 Å². The minimum atomic E-state index is -0.502. The third-order valence-electron chi connectivity index (χ3n) is 2.83. The van der Waals surface area contributed by atoms with Gasteiger partial charge in [-0.1, -0.05) is 13.3 Å². The van der Waals surface area contributed by atoms with E-state index in [2.05, 4.69) is 10.6 Å². The van der Waals surface area contributed by atoms with E-state index in [1.807, 2.05) is 13.8 Å². The highest BCUT2D eigenvalue weighted by atomic mass is 16.6. The number of benzene rings is 1. The van der Waals surface area contributed by atoms with E-state index in [9.17, 15) is 14.9 Å². The van der Waals surface area contributed by atoms with Crippen molar-refractivity contribution >= 4 is 17.3 Å². The molecule has 0 aromatic heterocycles. The quantitative estimate of drug-likeness (QED) is 0.611. The summed E-state index contributed by atoms with van der Waals surface area (Å²) in [6.07, 6.45) is 1.85. The summed E-state index contributed by atoms with van der Waals surface area (Å²) in [6.45, 7) is 3.95. The maximum absolute atomic E-state index is 12.0. The Morgan fingerprint density at radius 1 is 1.47 bits per heavy atom. The molecule has 104 valence electrons. The minimum absolute atomic E-state index is 0.0560. The summed E-state index contributed by atoms with van der Waals surface area (Å²) in [5, 5.41) is 16.5. The summed E-state index contributed by atoms with van der Waals surface area (Å²) >= 11 is 0. The Labute approximate surface area is 112 Å². The molecule has 0 radical (unpaired) electrons. The van der Waals surface area contributed by atoms with Crippen molar-refractivity contribution in [1.29, 1.82) is 0 Å². The Kier molecular flexibility index (Phi) is 5.29. The van der Waals surface area contributed by atoms with Gasteiger partial charge in [0.15, 0.2) is 0 Å². The Morgan fingerprint density at radius 3 is 2.68 bits per heavy atom. The van der Waals surface area contributed by atoms with Crippen LogP contribution in [0.15, 0.2) is 18.2 Å². The topological polar surface area (TPSA) is 84.3 Å².